The predicted molar refractivity (Wildman–Crippen MR) is 185 cm³/mol. The number of imidazole rings is 1. The number of aromatic nitrogens is 2. The Bertz CT molecular complexity index is 1590. The molecule has 254 valence electrons. The summed E-state index contributed by atoms with van der Waals surface area (Å²) in [5.74, 6) is -0.570. The second-order valence-electron chi connectivity index (χ2n) is 17.0. The molecule has 1 aromatic carbocycles. The molecule has 0 spiro atoms. The lowest BCUT2D eigenvalue weighted by atomic mass is 9.75. The molecule has 10 heteroatoms. The molecule has 1 aromatic heterocycles. The maximum atomic E-state index is 13.8. The Morgan fingerprint density at radius 2 is 1.79 bits per heavy atom. The molecule has 2 bridgehead atoms. The summed E-state index contributed by atoms with van der Waals surface area (Å²) >= 11 is 0. The summed E-state index contributed by atoms with van der Waals surface area (Å²) in [4.78, 5) is 18.2. The molecule has 4 unspecified atom stereocenters. The van der Waals surface area contributed by atoms with Gasteiger partial charge < -0.3 is 28.8 Å². The first-order valence-electron chi connectivity index (χ1n) is 17.1. The molecule has 9 nitrogen and oxygen atoms in total. The van der Waals surface area contributed by atoms with Crippen LogP contribution in [0.25, 0.3) is 5.57 Å². The minimum absolute atomic E-state index is 0.115. The Morgan fingerprint density at radius 1 is 1.11 bits per heavy atom. The molecule has 3 fully saturated rings. The van der Waals surface area contributed by atoms with Gasteiger partial charge >= 0.3 is 0 Å². The highest BCUT2D eigenvalue weighted by molar-refractivity contribution is 6.76. The average Bonchev–Trinajstić information content (AvgIpc) is 3.59. The number of rotatable bonds is 9. The number of carbonyl (C=O) groups excluding carboxylic acids is 1. The van der Waals surface area contributed by atoms with Crippen LogP contribution in [0.1, 0.15) is 107 Å². The van der Waals surface area contributed by atoms with E-state index >= 15 is 0 Å². The van der Waals surface area contributed by atoms with E-state index in [0.717, 1.165) is 49.4 Å². The molecule has 4 atom stereocenters. The number of carbonyl (C=O) groups is 1. The normalized spacial score (nSPS) is 30.8. The maximum Gasteiger partial charge on any atom is 0.291 e. The Labute approximate surface area is 281 Å². The number of ether oxygens (including phenoxy) is 4. The summed E-state index contributed by atoms with van der Waals surface area (Å²) in [5.41, 5.74) is 3.78. The SMILES string of the molecule is CC1(C)CC=C(c2cc(C3CC4(C)OC(C)(C3)C3OC(C)(C)OC34)ccc2NC(=O)c2nc(C#N)cn2COCC[Si](C)(C)C)CC1. The van der Waals surface area contributed by atoms with Gasteiger partial charge in [0, 0.05) is 32.1 Å². The van der Waals surface area contributed by atoms with Crippen LogP contribution < -0.4 is 5.32 Å². The summed E-state index contributed by atoms with van der Waals surface area (Å²) in [7, 11) is -1.26. The third-order valence-electron chi connectivity index (χ3n) is 10.5. The van der Waals surface area contributed by atoms with Gasteiger partial charge in [-0.2, -0.15) is 5.26 Å². The molecule has 4 aliphatic rings. The highest BCUT2D eigenvalue weighted by Gasteiger charge is 2.68. The van der Waals surface area contributed by atoms with Gasteiger partial charge in [0.05, 0.1) is 11.2 Å². The molecule has 0 saturated carbocycles. The highest BCUT2D eigenvalue weighted by Crippen LogP contribution is 2.58. The van der Waals surface area contributed by atoms with Crippen molar-refractivity contribution in [1.29, 1.82) is 5.26 Å². The fourth-order valence-corrected chi connectivity index (χ4v) is 8.64. The van der Waals surface area contributed by atoms with Crippen LogP contribution in [0.2, 0.25) is 25.7 Å². The topological polar surface area (TPSA) is 108 Å². The van der Waals surface area contributed by atoms with Gasteiger partial charge in [0.15, 0.2) is 11.5 Å². The Morgan fingerprint density at radius 3 is 2.38 bits per heavy atom. The molecule has 4 heterocycles. The fourth-order valence-electron chi connectivity index (χ4n) is 7.88. The van der Waals surface area contributed by atoms with Crippen LogP contribution in [0.3, 0.4) is 0 Å². The Balaban J connectivity index is 1.28. The van der Waals surface area contributed by atoms with E-state index < -0.39 is 25.1 Å². The molecule has 3 saturated heterocycles. The summed E-state index contributed by atoms with van der Waals surface area (Å²) in [6.45, 7) is 20.6. The summed E-state index contributed by atoms with van der Waals surface area (Å²) < 4.78 is 27.1. The zero-order chi connectivity index (χ0) is 34.0. The summed E-state index contributed by atoms with van der Waals surface area (Å²) in [5, 5.41) is 12.7. The third kappa shape index (κ3) is 7.02. The standard InChI is InChI=1S/C37H52N4O5Si/c1-34(2)14-12-24(13-15-34)28-18-25(26-19-36(5)30-31(37(6,20-26)46-36)45-35(3,4)44-30)10-11-29(28)40-33(42)32-39-27(21-38)22-41(32)23-43-16-17-47(7,8)9/h10-12,18,22,26,30-31H,13-17,19-20,23H2,1-9H3,(H,40,42). The molecule has 1 aliphatic carbocycles. The molecule has 1 amide bonds. The summed E-state index contributed by atoms with van der Waals surface area (Å²) in [6, 6.07) is 9.54. The maximum absolute atomic E-state index is 13.8. The molecule has 6 rings (SSSR count). The van der Waals surface area contributed by atoms with Gasteiger partial charge in [0.2, 0.25) is 5.82 Å². The molecule has 1 N–H and O–H groups in total. The van der Waals surface area contributed by atoms with Crippen molar-refractivity contribution in [3.63, 3.8) is 0 Å². The number of anilines is 1. The molecule has 3 aliphatic heterocycles. The second-order valence-corrected chi connectivity index (χ2v) is 22.7. The van der Waals surface area contributed by atoms with Gasteiger partial charge in [0.25, 0.3) is 5.91 Å². The first-order valence-corrected chi connectivity index (χ1v) is 20.9. The second kappa shape index (κ2) is 12.0. The third-order valence-corrected chi connectivity index (χ3v) is 12.2. The van der Waals surface area contributed by atoms with Gasteiger partial charge in [0.1, 0.15) is 25.0 Å². The smallest absolute Gasteiger partial charge is 0.291 e. The number of hydrogen-bond acceptors (Lipinski definition) is 7. The fraction of sp³-hybridized carbons (Fsp3) is 0.649. The Hall–Kier alpha value is -2.81. The van der Waals surface area contributed by atoms with Crippen molar-refractivity contribution in [2.24, 2.45) is 5.41 Å². The van der Waals surface area contributed by atoms with E-state index in [2.05, 4.69) is 81.9 Å². The number of benzene rings is 1. The number of nitrogens with one attached hydrogen (secondary N) is 1. The lowest BCUT2D eigenvalue weighted by molar-refractivity contribution is -0.242. The largest absolute Gasteiger partial charge is 0.363 e. The zero-order valence-corrected chi connectivity index (χ0v) is 30.7. The summed E-state index contributed by atoms with van der Waals surface area (Å²) in [6.07, 6.45) is 8.33. The Kier molecular flexibility index (Phi) is 8.66. The van der Waals surface area contributed by atoms with Crippen molar-refractivity contribution in [3.05, 3.63) is 53.1 Å². The van der Waals surface area contributed by atoms with E-state index in [4.69, 9.17) is 18.9 Å². The predicted octanol–water partition coefficient (Wildman–Crippen LogP) is 7.86. The van der Waals surface area contributed by atoms with E-state index in [1.165, 1.54) is 11.1 Å². The van der Waals surface area contributed by atoms with Crippen LogP contribution in [0.4, 0.5) is 5.69 Å². The van der Waals surface area contributed by atoms with Crippen LogP contribution in [0.5, 0.6) is 0 Å². The number of nitriles is 1. The highest BCUT2D eigenvalue weighted by atomic mass is 28.3. The number of fused-ring (bicyclic) bond motifs is 5. The van der Waals surface area contributed by atoms with E-state index in [0.29, 0.717) is 6.61 Å². The van der Waals surface area contributed by atoms with Crippen molar-refractivity contribution >= 4 is 25.2 Å². The van der Waals surface area contributed by atoms with Crippen LogP contribution in [-0.2, 0) is 25.7 Å². The van der Waals surface area contributed by atoms with Gasteiger partial charge in [-0.25, -0.2) is 4.98 Å². The van der Waals surface area contributed by atoms with E-state index in [1.54, 1.807) is 10.8 Å². The van der Waals surface area contributed by atoms with Gasteiger partial charge in [-0.05, 0) is 100 Å². The zero-order valence-electron chi connectivity index (χ0n) is 29.7. The minimum Gasteiger partial charge on any atom is -0.363 e. The molecular formula is C37H52N4O5Si. The van der Waals surface area contributed by atoms with E-state index in [9.17, 15) is 10.1 Å². The average molecular weight is 661 g/mol. The first-order chi connectivity index (χ1) is 21.9. The number of allylic oxidation sites excluding steroid dienone is 2. The van der Waals surface area contributed by atoms with Crippen molar-refractivity contribution in [2.75, 3.05) is 11.9 Å². The van der Waals surface area contributed by atoms with E-state index in [1.807, 2.05) is 19.9 Å². The molecular weight excluding hydrogens is 609 g/mol. The quantitative estimate of drug-likeness (QED) is 0.216. The van der Waals surface area contributed by atoms with Crippen molar-refractivity contribution in [3.8, 4) is 6.07 Å². The van der Waals surface area contributed by atoms with Gasteiger partial charge in [-0.3, -0.25) is 4.79 Å². The van der Waals surface area contributed by atoms with E-state index in [-0.39, 0.29) is 47.7 Å². The molecule has 47 heavy (non-hydrogen) atoms. The lowest BCUT2D eigenvalue weighted by Crippen LogP contribution is -2.46. The van der Waals surface area contributed by atoms with Crippen LogP contribution >= 0.6 is 0 Å². The van der Waals surface area contributed by atoms with Crippen LogP contribution in [0.15, 0.2) is 30.5 Å². The van der Waals surface area contributed by atoms with Crippen molar-refractivity contribution < 1.29 is 23.7 Å². The monoisotopic (exact) mass is 660 g/mol. The minimum atomic E-state index is -1.26. The van der Waals surface area contributed by atoms with Crippen LogP contribution in [-0.4, -0.2) is 59.3 Å². The lowest BCUT2D eigenvalue weighted by Gasteiger charge is -2.43. The molecule has 0 radical (unpaired) electrons. The van der Waals surface area contributed by atoms with Crippen molar-refractivity contribution in [2.45, 2.75) is 141 Å². The van der Waals surface area contributed by atoms with Crippen molar-refractivity contribution in [1.82, 2.24) is 9.55 Å². The van der Waals surface area contributed by atoms with Crippen LogP contribution in [0, 0.1) is 16.7 Å². The molecule has 2 aromatic rings. The first kappa shape index (κ1) is 34.1. The number of nitrogens with zero attached hydrogens (tertiary/aromatic N) is 3. The number of hydrogen-bond donors (Lipinski definition) is 1. The number of amides is 1. The van der Waals surface area contributed by atoms with Gasteiger partial charge in [-0.15, -0.1) is 0 Å². The van der Waals surface area contributed by atoms with Gasteiger partial charge in [-0.1, -0.05) is 45.6 Å².